The molecule has 0 radical (unpaired) electrons. The van der Waals surface area contributed by atoms with Gasteiger partial charge in [-0.25, -0.2) is 9.97 Å². The first-order valence-corrected chi connectivity index (χ1v) is 11.8. The number of hydrogen-bond donors (Lipinski definition) is 3. The maximum atomic E-state index is 13.5. The van der Waals surface area contributed by atoms with Crippen molar-refractivity contribution in [3.05, 3.63) is 76.6 Å². The van der Waals surface area contributed by atoms with Crippen molar-refractivity contribution in [3.8, 4) is 11.5 Å². The number of aliphatic hydroxyl groups excluding tert-OH is 1. The van der Waals surface area contributed by atoms with Crippen LogP contribution in [-0.4, -0.2) is 37.4 Å². The highest BCUT2D eigenvalue weighted by molar-refractivity contribution is 6.01. The number of ether oxygens (including phenoxy) is 1. The van der Waals surface area contributed by atoms with Gasteiger partial charge in [0.25, 0.3) is 5.91 Å². The minimum absolute atomic E-state index is 0.0420. The summed E-state index contributed by atoms with van der Waals surface area (Å²) in [5.41, 5.74) is -0.683. The fraction of sp³-hybridized carbons (Fsp3) is 0.346. The molecule has 0 bridgehead atoms. The molecular formula is C26H26F3N5O4. The Balaban J connectivity index is 1.37. The summed E-state index contributed by atoms with van der Waals surface area (Å²) in [6.45, 7) is 4.82. The molecule has 0 saturated heterocycles. The lowest BCUT2D eigenvalue weighted by atomic mass is 10.1. The van der Waals surface area contributed by atoms with Crippen molar-refractivity contribution in [1.82, 2.24) is 25.6 Å². The molecule has 1 aliphatic carbocycles. The van der Waals surface area contributed by atoms with Crippen LogP contribution < -0.4 is 15.4 Å². The summed E-state index contributed by atoms with van der Waals surface area (Å²) < 4.78 is 45.9. The van der Waals surface area contributed by atoms with E-state index < -0.39 is 35.0 Å². The highest BCUT2D eigenvalue weighted by atomic mass is 19.4. The van der Waals surface area contributed by atoms with Crippen molar-refractivity contribution < 1.29 is 32.6 Å². The Labute approximate surface area is 216 Å². The minimum atomic E-state index is -4.68. The van der Waals surface area contributed by atoms with Gasteiger partial charge in [-0.1, -0.05) is 6.07 Å². The molecule has 2 heterocycles. The second-order valence-corrected chi connectivity index (χ2v) is 9.15. The van der Waals surface area contributed by atoms with Gasteiger partial charge in [0, 0.05) is 6.20 Å². The Hall–Kier alpha value is -4.06. The topological polar surface area (TPSA) is 126 Å². The van der Waals surface area contributed by atoms with Crippen LogP contribution in [0.1, 0.15) is 64.6 Å². The molecular weight excluding hydrogens is 503 g/mol. The number of aromatic nitrogens is 3. The van der Waals surface area contributed by atoms with Crippen molar-refractivity contribution in [3.63, 3.8) is 0 Å². The predicted molar refractivity (Wildman–Crippen MR) is 129 cm³/mol. The van der Waals surface area contributed by atoms with Crippen LogP contribution in [0.25, 0.3) is 0 Å². The van der Waals surface area contributed by atoms with Crippen molar-refractivity contribution in [1.29, 1.82) is 0 Å². The second-order valence-electron chi connectivity index (χ2n) is 9.15. The Morgan fingerprint density at radius 2 is 1.87 bits per heavy atom. The van der Waals surface area contributed by atoms with Gasteiger partial charge < -0.3 is 20.5 Å². The van der Waals surface area contributed by atoms with Crippen molar-refractivity contribution >= 4 is 11.8 Å². The lowest BCUT2D eigenvalue weighted by molar-refractivity contribution is -0.138. The van der Waals surface area contributed by atoms with Gasteiger partial charge in [0.05, 0.1) is 41.4 Å². The van der Waals surface area contributed by atoms with Crippen LogP contribution in [-0.2, 0) is 17.5 Å². The maximum Gasteiger partial charge on any atom is 0.419 e. The van der Waals surface area contributed by atoms with Gasteiger partial charge in [-0.05, 0) is 63.4 Å². The van der Waals surface area contributed by atoms with Gasteiger partial charge in [-0.2, -0.15) is 13.2 Å². The van der Waals surface area contributed by atoms with E-state index in [1.54, 1.807) is 13.8 Å². The third-order valence-electron chi connectivity index (χ3n) is 6.13. The molecule has 1 unspecified atom stereocenters. The van der Waals surface area contributed by atoms with Crippen LogP contribution >= 0.6 is 0 Å². The zero-order valence-corrected chi connectivity index (χ0v) is 20.9. The molecule has 1 aliphatic rings. The van der Waals surface area contributed by atoms with Gasteiger partial charge in [0.1, 0.15) is 22.9 Å². The van der Waals surface area contributed by atoms with Crippen molar-refractivity contribution in [2.45, 2.75) is 58.0 Å². The first-order chi connectivity index (χ1) is 17.9. The third-order valence-corrected chi connectivity index (χ3v) is 6.13. The number of amides is 2. The standard InChI is InChI=1S/C26H26F3N5O4/c1-14-20(13-30-16(3)33-14)23(36)34-25(8-9-25)24(37)32-11-18-5-6-19(12-31-18)38-22-7-4-17(15(2)35)10-21(22)26(27,28)29/h4-7,10,12-13,15,35H,8-9,11H2,1-3H3,(H,32,37)(H,34,36). The summed E-state index contributed by atoms with van der Waals surface area (Å²) in [4.78, 5) is 37.8. The Bertz CT molecular complexity index is 1360. The number of aliphatic hydroxyl groups is 1. The number of pyridine rings is 1. The fourth-order valence-electron chi connectivity index (χ4n) is 3.79. The van der Waals surface area contributed by atoms with Crippen LogP contribution in [0.5, 0.6) is 11.5 Å². The molecule has 38 heavy (non-hydrogen) atoms. The van der Waals surface area contributed by atoms with Crippen LogP contribution in [0, 0.1) is 13.8 Å². The Morgan fingerprint density at radius 3 is 2.45 bits per heavy atom. The molecule has 200 valence electrons. The van der Waals surface area contributed by atoms with E-state index in [-0.39, 0.29) is 23.8 Å². The third kappa shape index (κ3) is 6.08. The SMILES string of the molecule is Cc1ncc(C(=O)NC2(C(=O)NCc3ccc(Oc4ccc(C(C)O)cc4C(F)(F)F)cn3)CC2)c(C)n1. The summed E-state index contributed by atoms with van der Waals surface area (Å²) in [7, 11) is 0. The normalized spacial score (nSPS) is 14.9. The average Bonchev–Trinajstić information content (AvgIpc) is 3.63. The molecule has 2 amide bonds. The molecule has 2 aromatic heterocycles. The molecule has 4 rings (SSSR count). The molecule has 1 saturated carbocycles. The van der Waals surface area contributed by atoms with E-state index in [4.69, 9.17) is 4.74 Å². The minimum Gasteiger partial charge on any atom is -0.455 e. The first kappa shape index (κ1) is 27.0. The maximum absolute atomic E-state index is 13.5. The summed E-state index contributed by atoms with van der Waals surface area (Å²) in [5, 5.41) is 15.1. The quantitative estimate of drug-likeness (QED) is 0.404. The lowest BCUT2D eigenvalue weighted by Gasteiger charge is -2.18. The van der Waals surface area contributed by atoms with Crippen molar-refractivity contribution in [2.24, 2.45) is 0 Å². The molecule has 9 nitrogen and oxygen atoms in total. The second kappa shape index (κ2) is 10.4. The molecule has 1 aromatic carbocycles. The smallest absolute Gasteiger partial charge is 0.419 e. The van der Waals surface area contributed by atoms with E-state index >= 15 is 0 Å². The molecule has 12 heteroatoms. The molecule has 0 aliphatic heterocycles. The van der Waals surface area contributed by atoms with E-state index in [0.717, 1.165) is 12.1 Å². The highest BCUT2D eigenvalue weighted by Gasteiger charge is 2.51. The van der Waals surface area contributed by atoms with Gasteiger partial charge in [-0.15, -0.1) is 0 Å². The zero-order chi connectivity index (χ0) is 27.7. The Morgan fingerprint density at radius 1 is 1.13 bits per heavy atom. The van der Waals surface area contributed by atoms with Crippen LogP contribution in [0.2, 0.25) is 0 Å². The summed E-state index contributed by atoms with van der Waals surface area (Å²) in [6.07, 6.45) is -2.12. The molecule has 0 spiro atoms. The van der Waals surface area contributed by atoms with E-state index in [0.29, 0.717) is 35.6 Å². The van der Waals surface area contributed by atoms with E-state index in [2.05, 4.69) is 25.6 Å². The van der Waals surface area contributed by atoms with Crippen molar-refractivity contribution in [2.75, 3.05) is 0 Å². The first-order valence-electron chi connectivity index (χ1n) is 11.8. The van der Waals surface area contributed by atoms with E-state index in [9.17, 15) is 27.9 Å². The number of rotatable bonds is 8. The number of carbonyl (C=O) groups is 2. The molecule has 3 aromatic rings. The van der Waals surface area contributed by atoms with Crippen LogP contribution in [0.4, 0.5) is 13.2 Å². The van der Waals surface area contributed by atoms with E-state index in [1.165, 1.54) is 37.5 Å². The lowest BCUT2D eigenvalue weighted by Crippen LogP contribution is -2.49. The summed E-state index contributed by atoms with van der Waals surface area (Å²) >= 11 is 0. The van der Waals surface area contributed by atoms with Crippen LogP contribution in [0.3, 0.4) is 0 Å². The number of benzene rings is 1. The zero-order valence-electron chi connectivity index (χ0n) is 20.9. The van der Waals surface area contributed by atoms with Gasteiger partial charge in [0.2, 0.25) is 5.91 Å². The number of nitrogens with zero attached hydrogens (tertiary/aromatic N) is 3. The molecule has 3 N–H and O–H groups in total. The molecule has 1 fully saturated rings. The summed E-state index contributed by atoms with van der Waals surface area (Å²) in [5.74, 6) is -0.625. The van der Waals surface area contributed by atoms with Crippen LogP contribution in [0.15, 0.2) is 42.7 Å². The Kier molecular flexibility index (Phi) is 7.36. The van der Waals surface area contributed by atoms with Gasteiger partial charge in [0.15, 0.2) is 0 Å². The predicted octanol–water partition coefficient (Wildman–Crippen LogP) is 3.93. The van der Waals surface area contributed by atoms with Gasteiger partial charge in [-0.3, -0.25) is 14.6 Å². The fourth-order valence-corrected chi connectivity index (χ4v) is 3.79. The number of aryl methyl sites for hydroxylation is 2. The summed E-state index contributed by atoms with van der Waals surface area (Å²) in [6, 6.07) is 6.29. The number of nitrogens with one attached hydrogen (secondary N) is 2. The van der Waals surface area contributed by atoms with E-state index in [1.807, 2.05) is 0 Å². The average molecular weight is 530 g/mol. The largest absolute Gasteiger partial charge is 0.455 e. The number of hydrogen-bond acceptors (Lipinski definition) is 7. The molecule has 1 atom stereocenters. The van der Waals surface area contributed by atoms with Gasteiger partial charge >= 0.3 is 6.18 Å². The number of alkyl halides is 3. The number of carbonyl (C=O) groups excluding carboxylic acids is 2. The monoisotopic (exact) mass is 529 g/mol. The highest BCUT2D eigenvalue weighted by Crippen LogP contribution is 2.39. The number of halogens is 3.